The first-order chi connectivity index (χ1) is 31.1. The van der Waals surface area contributed by atoms with E-state index in [2.05, 4.69) is 19.9 Å². The van der Waals surface area contributed by atoms with Gasteiger partial charge in [0.15, 0.2) is 36.3 Å². The van der Waals surface area contributed by atoms with Gasteiger partial charge < -0.3 is 24.8 Å². The monoisotopic (exact) mass is 955 g/mol. The molecular weight excluding hydrogens is 918 g/mol. The molecule has 6 aromatic rings. The lowest BCUT2D eigenvalue weighted by Gasteiger charge is -2.27. The number of nitrogens with zero attached hydrogens (tertiary/aromatic N) is 5. The van der Waals surface area contributed by atoms with E-state index < -0.39 is 94.3 Å². The van der Waals surface area contributed by atoms with Gasteiger partial charge in [0.1, 0.15) is 42.0 Å². The summed E-state index contributed by atoms with van der Waals surface area (Å²) < 4.78 is 104. The van der Waals surface area contributed by atoms with E-state index in [4.69, 9.17) is 38.0 Å². The van der Waals surface area contributed by atoms with Gasteiger partial charge in [0.2, 0.25) is 0 Å². The van der Waals surface area contributed by atoms with Crippen LogP contribution in [0.2, 0.25) is 0 Å². The topological polar surface area (TPSA) is 261 Å². The number of ether oxygens (including phenoxy) is 3. The smallest absolute Gasteiger partial charge is 0.423 e. The highest BCUT2D eigenvalue weighted by atomic mass is 32.7. The molecule has 0 radical (unpaired) electrons. The largest absolute Gasteiger partial charge is 0.472 e. The number of aromatic amines is 1. The minimum absolute atomic E-state index is 0.0248. The van der Waals surface area contributed by atoms with Crippen molar-refractivity contribution in [2.75, 3.05) is 18.9 Å². The number of H-pyrrole nitrogens is 1. The number of hydrogen-bond donors (Lipinski definition) is 3. The number of hydrogen-bond acceptors (Lipinski definition) is 17. The van der Waals surface area contributed by atoms with Crippen molar-refractivity contribution in [1.29, 1.82) is 0 Å². The number of benzene rings is 3. The number of imidazole rings is 1. The summed E-state index contributed by atoms with van der Waals surface area (Å²) >= 11 is 0.573. The first-order valence-corrected chi connectivity index (χ1v) is 24.3. The Morgan fingerprint density at radius 1 is 0.892 bits per heavy atom. The second kappa shape index (κ2) is 18.1. The van der Waals surface area contributed by atoms with E-state index in [-0.39, 0.29) is 34.0 Å². The number of anilines is 1. The number of rotatable bonds is 8. The number of phosphoric acid groups is 1. The summed E-state index contributed by atoms with van der Waals surface area (Å²) in [5.74, 6) is -0.546. The number of halogens is 2. The van der Waals surface area contributed by atoms with Crippen LogP contribution in [-0.4, -0.2) is 89.9 Å². The Kier molecular flexibility index (Phi) is 12.4. The minimum atomic E-state index is -5.32. The van der Waals surface area contributed by atoms with Crippen molar-refractivity contribution in [3.63, 3.8) is 0 Å². The zero-order valence-corrected chi connectivity index (χ0v) is 36.3. The first-order valence-electron chi connectivity index (χ1n) is 19.7. The third-order valence-electron chi connectivity index (χ3n) is 10.6. The Morgan fingerprint density at radius 2 is 1.62 bits per heavy atom. The van der Waals surface area contributed by atoms with Gasteiger partial charge in [-0.05, 0) is 53.7 Å². The maximum Gasteiger partial charge on any atom is 0.472 e. The maximum atomic E-state index is 16.9. The van der Waals surface area contributed by atoms with Gasteiger partial charge in [0, 0.05) is 11.9 Å². The molecule has 3 saturated heterocycles. The van der Waals surface area contributed by atoms with Crippen LogP contribution in [0.4, 0.5) is 14.6 Å². The Morgan fingerprint density at radius 3 is 2.37 bits per heavy atom. The number of carbonyl (C=O) groups excluding carboxylic acids is 1. The average Bonchev–Trinajstić information content (AvgIpc) is 3.95. The van der Waals surface area contributed by atoms with E-state index >= 15 is 8.78 Å². The van der Waals surface area contributed by atoms with Gasteiger partial charge in [0.25, 0.3) is 5.56 Å². The lowest BCUT2D eigenvalue weighted by molar-refractivity contribution is -0.0640. The molecule has 3 aliphatic heterocycles. The van der Waals surface area contributed by atoms with E-state index in [0.717, 1.165) is 22.7 Å². The molecule has 3 aliphatic rings. The molecule has 0 saturated carbocycles. The second-order valence-electron chi connectivity index (χ2n) is 15.0. The van der Waals surface area contributed by atoms with Crippen LogP contribution in [-0.2, 0) is 42.5 Å². The molecule has 3 aromatic heterocycles. The lowest BCUT2D eigenvalue weighted by Crippen LogP contribution is -2.37. The molecule has 0 amide bonds. The number of nitrogen functional groups attached to an aromatic ring is 1. The van der Waals surface area contributed by atoms with Gasteiger partial charge in [-0.3, -0.25) is 37.0 Å². The van der Waals surface area contributed by atoms with Crippen LogP contribution in [0.5, 0.6) is 5.75 Å². The van der Waals surface area contributed by atoms with Crippen LogP contribution in [0.1, 0.15) is 33.9 Å². The quantitative estimate of drug-likeness (QED) is 0.0955. The van der Waals surface area contributed by atoms with E-state index in [1.54, 1.807) is 66.7 Å². The van der Waals surface area contributed by atoms with Crippen LogP contribution in [0.3, 0.4) is 0 Å². The Balaban J connectivity index is 1.03. The van der Waals surface area contributed by atoms with E-state index in [0.29, 0.717) is 28.1 Å². The van der Waals surface area contributed by atoms with Crippen LogP contribution in [0, 0.1) is 6.92 Å². The molecule has 4 N–H and O–H groups in total. The Hall–Kier alpha value is -5.45. The molecule has 0 aliphatic carbocycles. The summed E-state index contributed by atoms with van der Waals surface area (Å²) in [6.07, 6.45) is -11.9. The fraction of sp³-hybridized carbons (Fsp3) is 0.300. The molecule has 6 heterocycles. The SMILES string of the molecule is Cc1ccc(C(=O)Oc2ccc(CSP3(=O)OC[C@H]4O[C@@H](n5cnc6c(N)ncnc65)[C@H](OP(=O)(O)OC[C@H]5O[C@@H](n6cc(-c7ccccc7)c(=O)[nH]c6=O)[C@H](F)[C@@H]5O3)[C@@H]4F)cc2)cc1. The van der Waals surface area contributed by atoms with Gasteiger partial charge in [-0.2, -0.15) is 0 Å². The number of nitrogens with two attached hydrogens (primary N) is 1. The second-order valence-corrected chi connectivity index (χ2v) is 20.4. The highest BCUT2D eigenvalue weighted by Crippen LogP contribution is 2.65. The molecule has 3 fully saturated rings. The maximum absolute atomic E-state index is 16.9. The van der Waals surface area contributed by atoms with E-state index in [1.165, 1.54) is 23.0 Å². The molecule has 2 bridgehead atoms. The number of aryl methyl sites for hydroxylation is 1. The molecular formula is C40H37F2N7O13P2S. The van der Waals surface area contributed by atoms with Crippen LogP contribution < -0.4 is 21.7 Å². The van der Waals surface area contributed by atoms with E-state index in [9.17, 15) is 28.4 Å². The van der Waals surface area contributed by atoms with E-state index in [1.807, 2.05) is 6.92 Å². The number of esters is 1. The Bertz CT molecular complexity index is 2950. The molecule has 9 rings (SSSR count). The molecule has 340 valence electrons. The highest BCUT2D eigenvalue weighted by Gasteiger charge is 2.55. The fourth-order valence-electron chi connectivity index (χ4n) is 7.32. The van der Waals surface area contributed by atoms with Crippen molar-refractivity contribution in [3.05, 3.63) is 135 Å². The average molecular weight is 956 g/mol. The van der Waals surface area contributed by atoms with Gasteiger partial charge in [-0.1, -0.05) is 60.2 Å². The summed E-state index contributed by atoms with van der Waals surface area (Å²) in [6.45, 7) is -4.66. The number of alkyl halides is 2. The normalized spacial score (nSPS) is 29.4. The first kappa shape index (κ1) is 44.7. The highest BCUT2D eigenvalue weighted by molar-refractivity contribution is 8.54. The zero-order chi connectivity index (χ0) is 45.6. The standard InChI is InChI=1S/C40H37F2N7O13P2S/c1-21-7-11-24(12-8-21)39(51)58-25-13-9-22(10-14-25)18-65-64(55)57-16-27-29(41)33(38(59-27)49-20-46-31-34(43)44-19-45-35(31)49)61-63(53,54)56-17-28-32(62-64)30(42)37(60-28)48-15-26(36(50)47-40(48)52)23-5-3-2-4-6-23/h2-15,19-20,27-30,32-33,37-38H,16-18H2,1H3,(H,53,54)(H2,43,44,45)(H,47,50,52)/t27-,28-,29-,30-,32-,33-,37-,38-,64?/m1/s1. The number of nitrogens with one attached hydrogen (secondary N) is 1. The Labute approximate surface area is 369 Å². The molecule has 20 nitrogen and oxygen atoms in total. The zero-order valence-electron chi connectivity index (χ0n) is 33.7. The van der Waals surface area contributed by atoms with Crippen molar-refractivity contribution in [3.8, 4) is 16.9 Å². The molecule has 0 spiro atoms. The fourth-order valence-corrected chi connectivity index (χ4v) is 11.6. The molecule has 2 unspecified atom stereocenters. The molecule has 25 heteroatoms. The van der Waals surface area contributed by atoms with Gasteiger partial charge in [-0.15, -0.1) is 0 Å². The third kappa shape index (κ3) is 9.34. The van der Waals surface area contributed by atoms with Crippen LogP contribution in [0.25, 0.3) is 22.3 Å². The molecule has 65 heavy (non-hydrogen) atoms. The van der Waals surface area contributed by atoms with Crippen LogP contribution >= 0.6 is 26.0 Å². The number of aromatic nitrogens is 6. The number of carbonyl (C=O) groups is 1. The summed E-state index contributed by atoms with van der Waals surface area (Å²) in [7, 11) is -5.32. The van der Waals surface area contributed by atoms with Crippen LogP contribution in [0.15, 0.2) is 107 Å². The van der Waals surface area contributed by atoms with Crippen molar-refractivity contribution in [1.82, 2.24) is 29.1 Å². The minimum Gasteiger partial charge on any atom is -0.423 e. The lowest BCUT2D eigenvalue weighted by atomic mass is 10.1. The third-order valence-corrected chi connectivity index (χ3v) is 15.3. The van der Waals surface area contributed by atoms with Gasteiger partial charge in [0.05, 0.1) is 30.7 Å². The summed E-state index contributed by atoms with van der Waals surface area (Å²) in [4.78, 5) is 64.2. The van der Waals surface area contributed by atoms with Crippen molar-refractivity contribution in [2.45, 2.75) is 61.9 Å². The van der Waals surface area contributed by atoms with Gasteiger partial charge in [-0.25, -0.2) is 42.5 Å². The predicted octanol–water partition coefficient (Wildman–Crippen LogP) is 5.58. The summed E-state index contributed by atoms with van der Waals surface area (Å²) in [6, 6.07) is 21.1. The molecule has 10 atom stereocenters. The number of fused-ring (bicyclic) bond motifs is 4. The predicted molar refractivity (Wildman–Crippen MR) is 227 cm³/mol. The summed E-state index contributed by atoms with van der Waals surface area (Å²) in [5.41, 5.74) is 6.40. The van der Waals surface area contributed by atoms with Crippen molar-refractivity contribution < 1.29 is 59.9 Å². The van der Waals surface area contributed by atoms with Crippen molar-refractivity contribution >= 4 is 49.0 Å². The molecule has 3 aromatic carbocycles. The number of phosphoric ester groups is 1. The van der Waals surface area contributed by atoms with Crippen molar-refractivity contribution in [2.24, 2.45) is 0 Å². The van der Waals surface area contributed by atoms with Gasteiger partial charge >= 0.3 is 26.3 Å². The summed E-state index contributed by atoms with van der Waals surface area (Å²) in [5, 5.41) is 0.